The van der Waals surface area contributed by atoms with Crippen LogP contribution in [0.25, 0.3) is 0 Å². The minimum atomic E-state index is -0.896. The van der Waals surface area contributed by atoms with E-state index >= 15 is 0 Å². The maximum atomic E-state index is 13.3. The molecule has 4 amide bonds. The van der Waals surface area contributed by atoms with Crippen molar-refractivity contribution in [1.29, 1.82) is 0 Å². The lowest BCUT2D eigenvalue weighted by Crippen LogP contribution is -2.52. The number of hydrogen-bond donors (Lipinski definition) is 2. The molecule has 2 aromatic rings. The zero-order valence-electron chi connectivity index (χ0n) is 15.8. The quantitative estimate of drug-likeness (QED) is 0.686. The average Bonchev–Trinajstić information content (AvgIpc) is 2.68. The Morgan fingerprint density at radius 1 is 1.17 bits per heavy atom. The smallest absolute Gasteiger partial charge is 0.329 e. The van der Waals surface area contributed by atoms with Crippen LogP contribution in [0.5, 0.6) is 0 Å². The number of urea groups is 1. The maximum Gasteiger partial charge on any atom is 0.329 e. The van der Waals surface area contributed by atoms with Gasteiger partial charge in [0, 0.05) is 16.7 Å². The number of halogens is 2. The predicted octanol–water partition coefficient (Wildman–Crippen LogP) is 4.42. The molecule has 0 spiro atoms. The van der Waals surface area contributed by atoms with E-state index in [2.05, 4.69) is 26.6 Å². The van der Waals surface area contributed by atoms with Gasteiger partial charge in [0.05, 0.1) is 22.2 Å². The van der Waals surface area contributed by atoms with Gasteiger partial charge in [-0.25, -0.2) is 9.69 Å². The number of benzene rings is 2. The van der Waals surface area contributed by atoms with Crippen LogP contribution in [0.1, 0.15) is 35.8 Å². The summed E-state index contributed by atoms with van der Waals surface area (Å²) in [4.78, 5) is 40.1. The summed E-state index contributed by atoms with van der Waals surface area (Å²) in [5, 5.41) is 5.62. The molecule has 150 valence electrons. The molecule has 8 heteroatoms. The number of likely N-dealkylation sites (N-methyl/N-ethyl adjacent to an activating group) is 1. The number of imide groups is 1. The minimum absolute atomic E-state index is 0.182. The Hall–Kier alpha value is -2.64. The highest BCUT2D eigenvalue weighted by Crippen LogP contribution is 2.36. The van der Waals surface area contributed by atoms with Crippen LogP contribution in [0.3, 0.4) is 0 Å². The van der Waals surface area contributed by atoms with Crippen molar-refractivity contribution in [2.75, 3.05) is 6.54 Å². The molecule has 0 aliphatic carbocycles. The third-order valence-corrected chi connectivity index (χ3v) is 5.40. The van der Waals surface area contributed by atoms with Crippen molar-refractivity contribution in [2.45, 2.75) is 19.9 Å². The highest BCUT2D eigenvalue weighted by molar-refractivity contribution is 9.10. The number of hydrogen-bond acceptors (Lipinski definition) is 3. The number of amides is 4. The Balaban J connectivity index is 2.18. The Morgan fingerprint density at radius 2 is 1.83 bits per heavy atom. The summed E-state index contributed by atoms with van der Waals surface area (Å²) < 4.78 is 0.839. The van der Waals surface area contributed by atoms with Crippen LogP contribution >= 0.6 is 27.5 Å². The zero-order valence-corrected chi connectivity index (χ0v) is 18.2. The van der Waals surface area contributed by atoms with E-state index in [1.807, 2.05) is 0 Å². The van der Waals surface area contributed by atoms with Crippen molar-refractivity contribution in [1.82, 2.24) is 15.5 Å². The van der Waals surface area contributed by atoms with Crippen LogP contribution in [0, 0.1) is 0 Å². The molecule has 0 radical (unpaired) electrons. The largest absolute Gasteiger partial charge is 0.352 e. The molecule has 0 aromatic heterocycles. The fourth-order valence-electron chi connectivity index (χ4n) is 3.22. The second-order valence-electron chi connectivity index (χ2n) is 6.44. The molecular formula is C21H19BrClN3O3. The first-order valence-electron chi connectivity index (χ1n) is 8.98. The summed E-state index contributed by atoms with van der Waals surface area (Å²) in [7, 11) is 0. The van der Waals surface area contributed by atoms with Crippen molar-refractivity contribution in [3.8, 4) is 0 Å². The second-order valence-corrected chi connectivity index (χ2v) is 7.76. The lowest BCUT2D eigenvalue weighted by molar-refractivity contribution is -0.118. The van der Waals surface area contributed by atoms with Gasteiger partial charge in [0.1, 0.15) is 0 Å². The molecule has 1 unspecified atom stereocenters. The summed E-state index contributed by atoms with van der Waals surface area (Å²) in [6.45, 7) is 3.86. The van der Waals surface area contributed by atoms with Gasteiger partial charge in [-0.15, -0.1) is 0 Å². The minimum Gasteiger partial charge on any atom is -0.352 e. The molecule has 0 bridgehead atoms. The maximum absolute atomic E-state index is 13.3. The number of carbonyl (C=O) groups is 3. The van der Waals surface area contributed by atoms with E-state index < -0.39 is 18.0 Å². The van der Waals surface area contributed by atoms with Gasteiger partial charge < -0.3 is 10.6 Å². The average molecular weight is 477 g/mol. The first kappa shape index (κ1) is 21.1. The highest BCUT2D eigenvalue weighted by Gasteiger charge is 2.41. The van der Waals surface area contributed by atoms with Crippen LogP contribution < -0.4 is 10.6 Å². The molecule has 2 N–H and O–H groups in total. The summed E-state index contributed by atoms with van der Waals surface area (Å²) >= 11 is 9.59. The molecule has 1 aliphatic heterocycles. The summed E-state index contributed by atoms with van der Waals surface area (Å²) in [6.07, 6.45) is 0. The van der Waals surface area contributed by atoms with Crippen molar-refractivity contribution >= 4 is 45.4 Å². The van der Waals surface area contributed by atoms with Crippen LogP contribution in [0.2, 0.25) is 5.02 Å². The van der Waals surface area contributed by atoms with Gasteiger partial charge in [0.2, 0.25) is 0 Å². The normalized spacial score (nSPS) is 16.5. The lowest BCUT2D eigenvalue weighted by Gasteiger charge is -2.37. The van der Waals surface area contributed by atoms with Crippen LogP contribution in [0.4, 0.5) is 4.79 Å². The third kappa shape index (κ3) is 4.21. The van der Waals surface area contributed by atoms with Gasteiger partial charge in [-0.3, -0.25) is 9.59 Å². The van der Waals surface area contributed by atoms with Crippen LogP contribution in [0.15, 0.2) is 64.3 Å². The fraction of sp³-hybridized carbons (Fsp3) is 0.190. The Bertz CT molecular complexity index is 1000. The van der Waals surface area contributed by atoms with Gasteiger partial charge in [-0.2, -0.15) is 0 Å². The number of nitrogens with one attached hydrogen (secondary N) is 2. The summed E-state index contributed by atoms with van der Waals surface area (Å²) in [6, 6.07) is 12.1. The van der Waals surface area contributed by atoms with E-state index in [0.717, 1.165) is 9.37 Å². The van der Waals surface area contributed by atoms with Crippen LogP contribution in [-0.2, 0) is 4.79 Å². The van der Waals surface area contributed by atoms with Crippen molar-refractivity contribution < 1.29 is 14.4 Å². The second kappa shape index (κ2) is 8.80. The van der Waals surface area contributed by atoms with E-state index in [4.69, 9.17) is 11.6 Å². The molecule has 2 aromatic carbocycles. The van der Waals surface area contributed by atoms with Gasteiger partial charge in [0.25, 0.3) is 11.8 Å². The number of carbonyl (C=O) groups excluding carboxylic acids is 3. The first-order valence-corrected chi connectivity index (χ1v) is 10.2. The summed E-state index contributed by atoms with van der Waals surface area (Å²) in [5.74, 6) is -0.940. The van der Waals surface area contributed by atoms with Gasteiger partial charge >= 0.3 is 6.03 Å². The SMILES string of the molecule is CCNC(=O)C1=C(C)NC(=O)N(C(=O)c2ccccc2Cl)C1c1ccc(Br)cc1. The van der Waals surface area contributed by atoms with E-state index in [1.165, 1.54) is 0 Å². The van der Waals surface area contributed by atoms with Crippen LogP contribution in [-0.4, -0.2) is 29.3 Å². The van der Waals surface area contributed by atoms with E-state index in [0.29, 0.717) is 23.4 Å². The third-order valence-electron chi connectivity index (χ3n) is 4.54. The van der Waals surface area contributed by atoms with Crippen molar-refractivity contribution in [2.24, 2.45) is 0 Å². The zero-order chi connectivity index (χ0) is 21.1. The molecule has 1 heterocycles. The topological polar surface area (TPSA) is 78.5 Å². The molecular weight excluding hydrogens is 458 g/mol. The van der Waals surface area contributed by atoms with Gasteiger partial charge in [-0.1, -0.05) is 51.8 Å². The Kier molecular flexibility index (Phi) is 6.39. The van der Waals surface area contributed by atoms with Crippen molar-refractivity contribution in [3.63, 3.8) is 0 Å². The van der Waals surface area contributed by atoms with Gasteiger partial charge in [-0.05, 0) is 43.7 Å². The number of rotatable bonds is 4. The molecule has 1 aliphatic rings. The Labute approximate surface area is 182 Å². The first-order chi connectivity index (χ1) is 13.8. The van der Waals surface area contributed by atoms with Crippen molar-refractivity contribution in [3.05, 3.63) is 80.4 Å². The molecule has 0 saturated carbocycles. The van der Waals surface area contributed by atoms with E-state index in [-0.39, 0.29) is 16.5 Å². The predicted molar refractivity (Wildman–Crippen MR) is 114 cm³/mol. The fourth-order valence-corrected chi connectivity index (χ4v) is 3.71. The number of nitrogens with zero attached hydrogens (tertiary/aromatic N) is 1. The number of allylic oxidation sites excluding steroid dienone is 1. The molecule has 0 fully saturated rings. The monoisotopic (exact) mass is 475 g/mol. The Morgan fingerprint density at radius 3 is 2.45 bits per heavy atom. The van der Waals surface area contributed by atoms with Gasteiger partial charge in [0.15, 0.2) is 0 Å². The molecule has 6 nitrogen and oxygen atoms in total. The standard InChI is InChI=1S/C21H19BrClN3O3/c1-3-24-19(27)17-12(2)25-21(29)26(18(17)13-8-10-14(22)11-9-13)20(28)15-6-4-5-7-16(15)23/h4-11,18H,3H2,1-2H3,(H,24,27)(H,25,29). The van der Waals surface area contributed by atoms with E-state index in [1.54, 1.807) is 62.4 Å². The molecule has 29 heavy (non-hydrogen) atoms. The molecule has 1 atom stereocenters. The molecule has 3 rings (SSSR count). The summed E-state index contributed by atoms with van der Waals surface area (Å²) in [5.41, 5.74) is 1.51. The lowest BCUT2D eigenvalue weighted by atomic mass is 9.92. The van der Waals surface area contributed by atoms with E-state index in [9.17, 15) is 14.4 Å². The molecule has 0 saturated heterocycles. The highest BCUT2D eigenvalue weighted by atomic mass is 79.9.